The van der Waals surface area contributed by atoms with Gasteiger partial charge in [-0.15, -0.1) is 0 Å². The van der Waals surface area contributed by atoms with Gasteiger partial charge in [0.15, 0.2) is 11.2 Å². The van der Waals surface area contributed by atoms with Crippen molar-refractivity contribution in [2.75, 3.05) is 13.1 Å². The highest BCUT2D eigenvalue weighted by Gasteiger charge is 2.18. The Labute approximate surface area is 117 Å². The molecule has 104 valence electrons. The predicted molar refractivity (Wildman–Crippen MR) is 78.9 cm³/mol. The Kier molecular flexibility index (Phi) is 4.03. The Bertz CT molecular complexity index is 715. The highest BCUT2D eigenvalue weighted by molar-refractivity contribution is 5.93. The number of hydrogen-bond acceptors (Lipinski definition) is 3. The minimum Gasteiger partial charge on any atom is -0.451 e. The van der Waals surface area contributed by atoms with Gasteiger partial charge < -0.3 is 9.32 Å². The van der Waals surface area contributed by atoms with Crippen LogP contribution in [0.4, 0.5) is 0 Å². The first-order valence-electron chi connectivity index (χ1n) is 6.49. The van der Waals surface area contributed by atoms with Crippen LogP contribution in [0.2, 0.25) is 0 Å². The molecule has 4 heteroatoms. The fourth-order valence-electron chi connectivity index (χ4n) is 2.02. The van der Waals surface area contributed by atoms with Crippen molar-refractivity contribution in [3.05, 3.63) is 58.5 Å². The standard InChI is InChI=1S/C16H17NO3/c1-4-17(10-11(2)3)16(19)15-9-13(18)12-7-5-6-8-14(12)20-15/h5-9H,2,4,10H2,1,3H3. The minimum atomic E-state index is -0.293. The first kappa shape index (κ1) is 14.1. The van der Waals surface area contributed by atoms with E-state index >= 15 is 0 Å². The molecule has 2 rings (SSSR count). The zero-order chi connectivity index (χ0) is 14.7. The summed E-state index contributed by atoms with van der Waals surface area (Å²) in [5, 5.41) is 0.479. The van der Waals surface area contributed by atoms with Gasteiger partial charge in [-0.1, -0.05) is 24.3 Å². The first-order valence-corrected chi connectivity index (χ1v) is 6.49. The van der Waals surface area contributed by atoms with Crippen LogP contribution in [0.15, 0.2) is 51.7 Å². The third kappa shape index (κ3) is 2.79. The van der Waals surface area contributed by atoms with Gasteiger partial charge in [0.2, 0.25) is 0 Å². The second-order valence-corrected chi connectivity index (χ2v) is 4.75. The van der Waals surface area contributed by atoms with Crippen molar-refractivity contribution < 1.29 is 9.21 Å². The molecule has 2 aromatic rings. The molecule has 0 bridgehead atoms. The molecule has 0 fully saturated rings. The van der Waals surface area contributed by atoms with Crippen molar-refractivity contribution in [2.24, 2.45) is 0 Å². The maximum Gasteiger partial charge on any atom is 0.290 e. The fraction of sp³-hybridized carbons (Fsp3) is 0.250. The summed E-state index contributed by atoms with van der Waals surface area (Å²) in [5.41, 5.74) is 1.10. The lowest BCUT2D eigenvalue weighted by molar-refractivity contribution is 0.0747. The summed E-state index contributed by atoms with van der Waals surface area (Å²) in [5.74, 6) is -0.227. The largest absolute Gasteiger partial charge is 0.451 e. The molecule has 1 aromatic heterocycles. The lowest BCUT2D eigenvalue weighted by Crippen LogP contribution is -2.32. The molecule has 4 nitrogen and oxygen atoms in total. The van der Waals surface area contributed by atoms with Crippen LogP contribution in [-0.4, -0.2) is 23.9 Å². The molecule has 0 aliphatic rings. The summed E-state index contributed by atoms with van der Waals surface area (Å²) in [4.78, 5) is 25.9. The van der Waals surface area contributed by atoms with E-state index in [-0.39, 0.29) is 17.1 Å². The smallest absolute Gasteiger partial charge is 0.290 e. The third-order valence-electron chi connectivity index (χ3n) is 2.98. The molecule has 0 spiro atoms. The van der Waals surface area contributed by atoms with Crippen LogP contribution in [0.5, 0.6) is 0 Å². The minimum absolute atomic E-state index is 0.0665. The van der Waals surface area contributed by atoms with Crippen molar-refractivity contribution in [2.45, 2.75) is 13.8 Å². The van der Waals surface area contributed by atoms with Crippen molar-refractivity contribution >= 4 is 16.9 Å². The van der Waals surface area contributed by atoms with E-state index in [1.807, 2.05) is 13.8 Å². The molecule has 0 saturated heterocycles. The quantitative estimate of drug-likeness (QED) is 0.803. The van der Waals surface area contributed by atoms with E-state index in [0.717, 1.165) is 5.57 Å². The van der Waals surface area contributed by atoms with Crippen molar-refractivity contribution in [3.8, 4) is 0 Å². The van der Waals surface area contributed by atoms with Crippen molar-refractivity contribution in [3.63, 3.8) is 0 Å². The molecule has 1 amide bonds. The monoisotopic (exact) mass is 271 g/mol. The number of nitrogens with zero attached hydrogens (tertiary/aromatic N) is 1. The number of para-hydroxylation sites is 1. The van der Waals surface area contributed by atoms with Gasteiger partial charge in [-0.2, -0.15) is 0 Å². The van der Waals surface area contributed by atoms with Crippen LogP contribution in [0.3, 0.4) is 0 Å². The second kappa shape index (κ2) is 5.74. The number of hydrogen-bond donors (Lipinski definition) is 0. The van der Waals surface area contributed by atoms with Crippen LogP contribution in [-0.2, 0) is 0 Å². The third-order valence-corrected chi connectivity index (χ3v) is 2.98. The summed E-state index contributed by atoms with van der Waals surface area (Å²) < 4.78 is 5.55. The molecule has 0 N–H and O–H groups in total. The average Bonchev–Trinajstić information content (AvgIpc) is 2.43. The zero-order valence-electron chi connectivity index (χ0n) is 11.7. The van der Waals surface area contributed by atoms with E-state index in [9.17, 15) is 9.59 Å². The molecule has 1 heterocycles. The van der Waals surface area contributed by atoms with E-state index in [4.69, 9.17) is 4.42 Å². The molecule has 0 aliphatic heterocycles. The predicted octanol–water partition coefficient (Wildman–Crippen LogP) is 2.83. The molecule has 0 aliphatic carbocycles. The molecule has 0 saturated carbocycles. The Hall–Kier alpha value is -2.36. The first-order chi connectivity index (χ1) is 9.52. The highest BCUT2D eigenvalue weighted by Crippen LogP contribution is 2.13. The summed E-state index contributed by atoms with van der Waals surface area (Å²) in [6.07, 6.45) is 0. The van der Waals surface area contributed by atoms with Gasteiger partial charge in [-0.25, -0.2) is 0 Å². The van der Waals surface area contributed by atoms with Crippen LogP contribution in [0, 0.1) is 0 Å². The van der Waals surface area contributed by atoms with Gasteiger partial charge in [0.05, 0.1) is 5.39 Å². The number of likely N-dealkylation sites (N-methyl/N-ethyl adjacent to an activating group) is 1. The van der Waals surface area contributed by atoms with Crippen LogP contribution in [0.25, 0.3) is 11.0 Å². The van der Waals surface area contributed by atoms with Gasteiger partial charge >= 0.3 is 0 Å². The molecular formula is C16H17NO3. The Morgan fingerprint density at radius 3 is 2.70 bits per heavy atom. The maximum absolute atomic E-state index is 12.4. The molecule has 1 aromatic carbocycles. The normalized spacial score (nSPS) is 10.5. The number of benzene rings is 1. The Morgan fingerprint density at radius 1 is 1.35 bits per heavy atom. The average molecular weight is 271 g/mol. The van der Waals surface area contributed by atoms with Gasteiger partial charge in [-0.3, -0.25) is 9.59 Å². The van der Waals surface area contributed by atoms with E-state index in [0.29, 0.717) is 24.1 Å². The Balaban J connectivity index is 2.44. The number of carbonyl (C=O) groups is 1. The Morgan fingerprint density at radius 2 is 2.05 bits per heavy atom. The summed E-state index contributed by atoms with van der Waals surface area (Å²) in [6, 6.07) is 8.15. The van der Waals surface area contributed by atoms with Crippen LogP contribution in [0.1, 0.15) is 24.4 Å². The topological polar surface area (TPSA) is 50.5 Å². The molecule has 20 heavy (non-hydrogen) atoms. The van der Waals surface area contributed by atoms with Crippen LogP contribution >= 0.6 is 0 Å². The highest BCUT2D eigenvalue weighted by atomic mass is 16.3. The molecular weight excluding hydrogens is 254 g/mol. The van der Waals surface area contributed by atoms with E-state index in [1.54, 1.807) is 29.2 Å². The van der Waals surface area contributed by atoms with Gasteiger partial charge in [0.25, 0.3) is 5.91 Å². The maximum atomic E-state index is 12.4. The number of amides is 1. The van der Waals surface area contributed by atoms with E-state index in [1.165, 1.54) is 6.07 Å². The second-order valence-electron chi connectivity index (χ2n) is 4.75. The number of carbonyl (C=O) groups excluding carboxylic acids is 1. The summed E-state index contributed by atoms with van der Waals surface area (Å²) in [7, 11) is 0. The fourth-order valence-corrected chi connectivity index (χ4v) is 2.02. The lowest BCUT2D eigenvalue weighted by Gasteiger charge is -2.20. The SMILES string of the molecule is C=C(C)CN(CC)C(=O)c1cc(=O)c2ccccc2o1. The van der Waals surface area contributed by atoms with Crippen molar-refractivity contribution in [1.82, 2.24) is 4.90 Å². The summed E-state index contributed by atoms with van der Waals surface area (Å²) >= 11 is 0. The summed E-state index contributed by atoms with van der Waals surface area (Å²) in [6.45, 7) is 8.51. The van der Waals surface area contributed by atoms with Crippen LogP contribution < -0.4 is 5.43 Å². The number of fused-ring (bicyclic) bond motifs is 1. The molecule has 0 atom stereocenters. The molecule has 0 radical (unpaired) electrons. The zero-order valence-corrected chi connectivity index (χ0v) is 11.7. The van der Waals surface area contributed by atoms with Gasteiger partial charge in [0.1, 0.15) is 5.58 Å². The van der Waals surface area contributed by atoms with Gasteiger partial charge in [0, 0.05) is 19.2 Å². The van der Waals surface area contributed by atoms with Gasteiger partial charge in [-0.05, 0) is 26.0 Å². The van der Waals surface area contributed by atoms with E-state index < -0.39 is 0 Å². The van der Waals surface area contributed by atoms with Crippen molar-refractivity contribution in [1.29, 1.82) is 0 Å². The lowest BCUT2D eigenvalue weighted by atomic mass is 10.2. The molecule has 0 unspecified atom stereocenters. The van der Waals surface area contributed by atoms with E-state index in [2.05, 4.69) is 6.58 Å². The number of rotatable bonds is 4.